The van der Waals surface area contributed by atoms with Gasteiger partial charge in [-0.05, 0) is 163 Å². The Labute approximate surface area is 878 Å². The first kappa shape index (κ1) is 126. The van der Waals surface area contributed by atoms with Crippen molar-refractivity contribution in [1.82, 2.24) is 77.9 Å². The number of fused-ring (bicyclic) bond motifs is 1. The number of nitro benzene ring substituents is 3. The number of amides is 4. The Morgan fingerprint density at radius 2 is 0.758 bits per heavy atom. The number of isocyanates is 1. The molecule has 0 atom stereocenters. The Balaban J connectivity index is 0.000000436. The lowest BCUT2D eigenvalue weighted by Crippen LogP contribution is -2.41. The number of urea groups is 2. The number of aliphatic imine (C=N–C) groups is 1. The summed E-state index contributed by atoms with van der Waals surface area (Å²) in [4.78, 5) is 89.1. The van der Waals surface area contributed by atoms with Gasteiger partial charge in [-0.2, -0.15) is 31.4 Å². The number of nitriles is 5. The van der Waals surface area contributed by atoms with Gasteiger partial charge in [-0.25, -0.2) is 35.7 Å². The highest BCUT2D eigenvalue weighted by molar-refractivity contribution is 6.62. The lowest BCUT2D eigenvalue weighted by Gasteiger charge is -2.32. The Morgan fingerprint density at radius 3 is 1.05 bits per heavy atom. The maximum Gasteiger partial charge on any atom is 0.494 e. The quantitative estimate of drug-likeness (QED) is 0.00947. The number of nitrogens with one attached hydrogen (secondary N) is 10. The number of halogens is 3. The lowest BCUT2D eigenvalue weighted by molar-refractivity contribution is -0.385. The van der Waals surface area contributed by atoms with Crippen LogP contribution in [0, 0.1) is 87.0 Å². The summed E-state index contributed by atoms with van der Waals surface area (Å²) in [6.45, 7) is 11.8. The maximum atomic E-state index is 11.3. The van der Waals surface area contributed by atoms with Crippen LogP contribution in [0.3, 0.4) is 0 Å². The average Bonchev–Trinajstić information content (AvgIpc) is 1.62. The van der Waals surface area contributed by atoms with Gasteiger partial charge < -0.3 is 72.6 Å². The number of anilines is 7. The summed E-state index contributed by atoms with van der Waals surface area (Å²) in [6.07, 6.45) is 22.8. The van der Waals surface area contributed by atoms with Crippen LogP contribution < -0.4 is 86.1 Å². The summed E-state index contributed by atoms with van der Waals surface area (Å²) in [6, 6.07) is 50.2. The molecule has 2 saturated heterocycles. The van der Waals surface area contributed by atoms with Gasteiger partial charge in [-0.15, -0.1) is 0 Å². The fraction of sp³-hybridized carbons (Fsp3) is 0.250. The smallest absolute Gasteiger partial charge is 0.399 e. The number of nitrogens with two attached hydrogens (primary N) is 3. The number of carbonyl (C=O) groups is 2. The van der Waals surface area contributed by atoms with Crippen molar-refractivity contribution in [3.63, 3.8) is 0 Å². The number of rotatable bonds is 18. The summed E-state index contributed by atoms with van der Waals surface area (Å²) in [5.41, 5.74) is 45.1. The minimum Gasteiger partial charge on any atom is -0.399 e. The number of aliphatic hydroxyl groups is 1. The first-order chi connectivity index (χ1) is 70.9. The topological polar surface area (TPSA) is 662 Å². The number of aromatic nitrogens is 8. The van der Waals surface area contributed by atoms with Crippen molar-refractivity contribution in [2.24, 2.45) is 10.7 Å². The molecule has 2 fully saturated rings. The van der Waals surface area contributed by atoms with E-state index in [1.807, 2.05) is 129 Å². The van der Waals surface area contributed by atoms with E-state index in [-0.39, 0.29) is 63.8 Å². The number of aromatic amines is 1. The van der Waals surface area contributed by atoms with Crippen molar-refractivity contribution in [2.75, 3.05) is 142 Å². The van der Waals surface area contributed by atoms with Gasteiger partial charge in [0.05, 0.1) is 122 Å². The van der Waals surface area contributed by atoms with E-state index in [9.17, 15) is 55.7 Å². The maximum absolute atomic E-state index is 11.3. The lowest BCUT2D eigenvalue weighted by atomic mass is 9.79. The van der Waals surface area contributed by atoms with Crippen LogP contribution in [-0.2, 0) is 18.8 Å². The third kappa shape index (κ3) is 38.4. The van der Waals surface area contributed by atoms with E-state index in [4.69, 9.17) is 80.7 Å². The van der Waals surface area contributed by atoms with Gasteiger partial charge in [0.15, 0.2) is 5.82 Å². The molecule has 6 aromatic carbocycles. The monoisotopic (exact) mass is 2090 g/mol. The number of ether oxygens (including phenoxy) is 1. The fourth-order valence-corrected chi connectivity index (χ4v) is 12.9. The van der Waals surface area contributed by atoms with Crippen molar-refractivity contribution in [2.45, 2.75) is 66.1 Å². The third-order valence-electron chi connectivity index (χ3n) is 20.8. The van der Waals surface area contributed by atoms with Gasteiger partial charge in [0.25, 0.3) is 17.1 Å². The van der Waals surface area contributed by atoms with Crippen molar-refractivity contribution >= 4 is 133 Å². The number of hydrogen-bond acceptors (Lipinski definition) is 37. The van der Waals surface area contributed by atoms with Crippen molar-refractivity contribution in [3.05, 3.63) is 293 Å². The van der Waals surface area contributed by atoms with Crippen LogP contribution in [0.2, 0.25) is 15.1 Å². The van der Waals surface area contributed by atoms with Gasteiger partial charge in [-0.1, -0.05) is 90.8 Å². The first-order valence-electron chi connectivity index (χ1n) is 44.3. The molecule has 2 aliphatic rings. The Kier molecular flexibility index (Phi) is 55.7. The fourth-order valence-electron chi connectivity index (χ4n) is 12.3. The van der Waals surface area contributed by atoms with Crippen LogP contribution in [0.5, 0.6) is 0 Å². The Bertz CT molecular complexity index is 6700. The Morgan fingerprint density at radius 1 is 0.477 bits per heavy atom. The molecule has 0 aliphatic carbocycles. The molecule has 45 nitrogen and oxygen atoms in total. The molecule has 0 bridgehead atoms. The van der Waals surface area contributed by atoms with E-state index in [2.05, 4.69) is 117 Å². The predicted octanol–water partition coefficient (Wildman–Crippen LogP) is 15.4. The number of hydrogen-bond donors (Lipinski definition) is 14. The minimum absolute atomic E-state index is 0. The van der Waals surface area contributed by atoms with E-state index < -0.39 is 33.1 Å². The molecule has 780 valence electrons. The molecular formula is C100H118BCl3N32O13. The van der Waals surface area contributed by atoms with E-state index in [0.717, 1.165) is 68.6 Å². The van der Waals surface area contributed by atoms with Crippen molar-refractivity contribution in [3.8, 4) is 86.0 Å². The number of non-ortho nitro benzene ring substituents is 3. The SMILES string of the molecule is C.C1CCOC1.CC1(C)OB(c2ccc([N+](=O)[O-])cc2)OC1(C)C.CCO.CN.CN=C=O.CNC(=O)Nc1ccc(-c2cncc(N(C)NC)c2C#N)cc1.CNC(=O)Nc1ccc(-c2cncc3[nH]nc(N)c23)cc1.CNN(C)c1cncc(-c2ccc(N)cc2)c1C#N.CNN(C)c1cncc(-c2ccc([N+](=O)[O-])cc2)c1C#N.CNNC.N#Cc1c(Cl)cncc1-c1ccc([N+](=O)[O-])cc1.N#Cc1c(Cl)cncc1Cl. The number of nitrogens with zero attached hydrogens (tertiary/aromatic N) is 19. The molecule has 0 radical (unpaired) electrons. The number of pyridine rings is 6. The van der Waals surface area contributed by atoms with Crippen LogP contribution in [0.25, 0.3) is 66.5 Å². The highest BCUT2D eigenvalue weighted by atomic mass is 35.5. The second-order valence-electron chi connectivity index (χ2n) is 30.6. The number of nitro groups is 3. The summed E-state index contributed by atoms with van der Waals surface area (Å²) in [5, 5.41) is 109. The molecule has 49 heteroatoms. The molecular weight excluding hydrogens is 1970 g/mol. The number of H-pyrrole nitrogens is 1. The van der Waals surface area contributed by atoms with Crippen LogP contribution >= 0.6 is 34.8 Å². The molecule has 9 heterocycles. The van der Waals surface area contributed by atoms with E-state index in [1.54, 1.807) is 162 Å². The summed E-state index contributed by atoms with van der Waals surface area (Å²) < 4.78 is 16.7. The van der Waals surface area contributed by atoms with Crippen LogP contribution in [0.4, 0.5) is 66.6 Å². The van der Waals surface area contributed by atoms with Crippen LogP contribution in [0.15, 0.2) is 225 Å². The standard InChI is InChI=1S/C16H18N6O.C14H14N6O.C14H13N5O2.C14H15N5.C12H16BNO4.C12H6ClN3O2.C6H2Cl2N2.C4H8O.C2H8N2.C2H3NO.C2H6O.CH5N.CH4/c1-18-16(23)21-12-6-4-11(5-7-12)14-9-20-10-15(13(14)8-17)22(3)19-2;1-16-14(21)18-9-4-2-8(3-5-9)10-6-17-7-11-12(10)13(15)20-19-11;1-16-18(2)14-9-17-8-13(12(14)7-15)10-3-5-11(6-4-10)19(20)21;1-17-19(2)14-9-18-8-13(12(14)7-15)10-3-5-11(16)6-4-10;1-11(2)12(3,4)18-13(17-11)9-5-7-10(8-6-9)14(15)16;13-12-7-15-6-11(10(12)5-14)8-1-3-9(4-2-8)16(17)18;7-5-2-10-3-6(8)4(5)1-9;1-2-4-5-3-1;1-3-4-2;1-3-2-4;1-2-3;1-2;/h4-7,9-10,19H,1-3H3,(H2,18,21,23);2-7H,1H3,(H3,15,19,20)(H2,16,18,21);3-6,8-9,16H,1-2H3;3-6,8-9,17H,16H2,1-2H3;5-8H,1-4H3;1-4,6-7H;2-3H;1-4H2;3-4H,1-2H3;1H3;3H,2H2,1H3;2H2,1H3;1H4. The van der Waals surface area contributed by atoms with E-state index in [0.29, 0.717) is 78.8 Å². The van der Waals surface area contributed by atoms with Gasteiger partial charge in [0.1, 0.15) is 30.3 Å². The van der Waals surface area contributed by atoms with Gasteiger partial charge in [-0.3, -0.25) is 76.2 Å². The molecule has 4 amide bonds. The average molecular weight is 2090 g/mol. The van der Waals surface area contributed by atoms with E-state index >= 15 is 0 Å². The molecule has 0 unspecified atom stereocenters. The zero-order valence-electron chi connectivity index (χ0n) is 84.1. The third-order valence-corrected chi connectivity index (χ3v) is 21.7. The minimum atomic E-state index is -0.481. The highest BCUT2D eigenvalue weighted by Gasteiger charge is 2.52. The summed E-state index contributed by atoms with van der Waals surface area (Å²) >= 11 is 17.0. The van der Waals surface area contributed by atoms with Crippen molar-refractivity contribution in [1.29, 1.82) is 26.3 Å². The van der Waals surface area contributed by atoms with Crippen molar-refractivity contribution < 1.29 is 48.3 Å². The molecule has 0 spiro atoms. The van der Waals surface area contributed by atoms with Gasteiger partial charge >= 0.3 is 19.2 Å². The van der Waals surface area contributed by atoms with Crippen LogP contribution in [0.1, 0.15) is 82.7 Å². The van der Waals surface area contributed by atoms with Gasteiger partial charge in [0, 0.05) is 214 Å². The number of benzene rings is 6. The molecule has 13 aromatic rings. The molecule has 15 rings (SSSR count). The summed E-state index contributed by atoms with van der Waals surface area (Å²) in [7, 11) is 19.9. The zero-order chi connectivity index (χ0) is 110. The normalized spacial score (nSPS) is 11.3. The largest absolute Gasteiger partial charge is 0.494 e. The van der Waals surface area contributed by atoms with Crippen LogP contribution in [-0.4, -0.2) is 201 Å². The molecule has 7 aromatic heterocycles. The first-order valence-corrected chi connectivity index (χ1v) is 45.4. The number of nitrogen functional groups attached to an aromatic ring is 2. The number of hydrazine groups is 4. The molecule has 2 aliphatic heterocycles. The summed E-state index contributed by atoms with van der Waals surface area (Å²) in [5.74, 6) is 0.440. The highest BCUT2D eigenvalue weighted by Crippen LogP contribution is 2.39. The Hall–Kier alpha value is -17.2. The van der Waals surface area contributed by atoms with Gasteiger partial charge in [0.2, 0.25) is 6.08 Å². The predicted molar refractivity (Wildman–Crippen MR) is 582 cm³/mol. The molecule has 0 saturated carbocycles. The van der Waals surface area contributed by atoms with E-state index in [1.165, 1.54) is 94.2 Å². The number of carbonyl (C=O) groups excluding carboxylic acids is 3. The number of aliphatic hydroxyl groups excluding tert-OH is 1. The second-order valence-corrected chi connectivity index (χ2v) is 31.8. The molecule has 149 heavy (non-hydrogen) atoms. The zero-order valence-corrected chi connectivity index (χ0v) is 86.4. The molecule has 17 N–H and O–H groups in total. The second kappa shape index (κ2) is 65.9.